The molecule has 0 aromatic heterocycles. The third kappa shape index (κ3) is 3.74. The zero-order chi connectivity index (χ0) is 17.5. The van der Waals surface area contributed by atoms with Gasteiger partial charge >= 0.3 is 0 Å². The van der Waals surface area contributed by atoms with Crippen molar-refractivity contribution in [3.8, 4) is 6.07 Å². The summed E-state index contributed by atoms with van der Waals surface area (Å²) in [5, 5.41) is 8.75. The van der Waals surface area contributed by atoms with Crippen molar-refractivity contribution >= 4 is 10.0 Å². The fourth-order valence-electron chi connectivity index (χ4n) is 4.31. The van der Waals surface area contributed by atoms with E-state index in [1.54, 1.807) is 0 Å². The molecule has 0 bridgehead atoms. The number of nitrogens with zero attached hydrogens (tertiary/aromatic N) is 2. The molecule has 134 valence electrons. The highest BCUT2D eigenvalue weighted by Crippen LogP contribution is 2.49. The van der Waals surface area contributed by atoms with E-state index in [9.17, 15) is 8.42 Å². The van der Waals surface area contributed by atoms with Gasteiger partial charge in [-0.1, -0.05) is 12.1 Å². The van der Waals surface area contributed by atoms with Gasteiger partial charge in [0.25, 0.3) is 0 Å². The number of hydrogen-bond donors (Lipinski definition) is 1. The third-order valence-electron chi connectivity index (χ3n) is 6.06. The molecular weight excluding hydrogens is 334 g/mol. The van der Waals surface area contributed by atoms with Gasteiger partial charge in [-0.3, -0.25) is 4.90 Å². The van der Waals surface area contributed by atoms with Crippen LogP contribution in [0.2, 0.25) is 0 Å². The van der Waals surface area contributed by atoms with Gasteiger partial charge in [-0.05, 0) is 74.7 Å². The molecule has 0 unspecified atom stereocenters. The Labute approximate surface area is 150 Å². The molecule has 2 saturated carbocycles. The van der Waals surface area contributed by atoms with Gasteiger partial charge in [0.05, 0.1) is 16.9 Å². The third-order valence-corrected chi connectivity index (χ3v) is 8.07. The smallest absolute Gasteiger partial charge is 0.214 e. The van der Waals surface area contributed by atoms with Gasteiger partial charge in [-0.15, -0.1) is 0 Å². The lowest BCUT2D eigenvalue weighted by Crippen LogP contribution is -2.55. The maximum Gasteiger partial charge on any atom is 0.214 e. The van der Waals surface area contributed by atoms with Crippen LogP contribution in [0.1, 0.15) is 49.7 Å². The Kier molecular flexibility index (Phi) is 4.35. The number of nitrogens with one attached hydrogen (secondary N) is 1. The number of sulfonamides is 1. The zero-order valence-corrected chi connectivity index (χ0v) is 15.3. The SMILES string of the molecule is N#Cc1ccc(CN2CCC3(CC2)CC(NS(=O)(=O)C2CC2)C3)cc1. The molecule has 5 nitrogen and oxygen atoms in total. The van der Waals surface area contributed by atoms with Crippen LogP contribution in [-0.2, 0) is 16.6 Å². The molecule has 6 heteroatoms. The minimum atomic E-state index is -3.04. The van der Waals surface area contributed by atoms with Crippen molar-refractivity contribution in [3.63, 3.8) is 0 Å². The Morgan fingerprint density at radius 3 is 2.36 bits per heavy atom. The van der Waals surface area contributed by atoms with E-state index in [4.69, 9.17) is 5.26 Å². The molecule has 1 saturated heterocycles. The molecular formula is C19H25N3O2S. The van der Waals surface area contributed by atoms with Crippen molar-refractivity contribution in [2.24, 2.45) is 5.41 Å². The molecule has 1 heterocycles. The summed E-state index contributed by atoms with van der Waals surface area (Å²) in [5.74, 6) is 0. The van der Waals surface area contributed by atoms with E-state index in [0.29, 0.717) is 11.0 Å². The average Bonchev–Trinajstić information content (AvgIpc) is 3.41. The summed E-state index contributed by atoms with van der Waals surface area (Å²) in [6.07, 6.45) is 5.98. The van der Waals surface area contributed by atoms with Gasteiger partial charge in [-0.2, -0.15) is 5.26 Å². The van der Waals surface area contributed by atoms with Gasteiger partial charge in [0.2, 0.25) is 10.0 Å². The van der Waals surface area contributed by atoms with Crippen LogP contribution in [0, 0.1) is 16.7 Å². The summed E-state index contributed by atoms with van der Waals surface area (Å²) in [5.41, 5.74) is 2.31. The molecule has 0 atom stereocenters. The molecule has 1 aromatic carbocycles. The Morgan fingerprint density at radius 2 is 1.80 bits per heavy atom. The minimum Gasteiger partial charge on any atom is -0.299 e. The lowest BCUT2D eigenvalue weighted by molar-refractivity contribution is 0.0106. The first-order chi connectivity index (χ1) is 12.0. The molecule has 0 amide bonds. The monoisotopic (exact) mass is 359 g/mol. The molecule has 1 N–H and O–H groups in total. The van der Waals surface area contributed by atoms with E-state index in [2.05, 4.69) is 15.7 Å². The van der Waals surface area contributed by atoms with Crippen molar-refractivity contribution in [1.82, 2.24) is 9.62 Å². The van der Waals surface area contributed by atoms with E-state index in [1.165, 1.54) is 5.56 Å². The maximum absolute atomic E-state index is 12.0. The van der Waals surface area contributed by atoms with Gasteiger partial charge in [0.1, 0.15) is 0 Å². The van der Waals surface area contributed by atoms with E-state index >= 15 is 0 Å². The highest BCUT2D eigenvalue weighted by Gasteiger charge is 2.48. The second-order valence-electron chi connectivity index (χ2n) is 8.05. The maximum atomic E-state index is 12.0. The first-order valence-corrected chi connectivity index (χ1v) is 10.8. The quantitative estimate of drug-likeness (QED) is 0.876. The molecule has 3 aliphatic rings. The molecule has 25 heavy (non-hydrogen) atoms. The molecule has 1 aromatic rings. The number of benzene rings is 1. The number of likely N-dealkylation sites (tertiary alicyclic amines) is 1. The molecule has 1 spiro atoms. The standard InChI is InChI=1S/C19H25N3O2S/c20-13-15-1-3-16(4-2-15)14-22-9-7-19(8-10-22)11-17(12-19)21-25(23,24)18-5-6-18/h1-4,17-18,21H,5-12,14H2. The number of rotatable bonds is 5. The van der Waals surface area contributed by atoms with Gasteiger partial charge < -0.3 is 0 Å². The predicted octanol–water partition coefficient (Wildman–Crippen LogP) is 2.38. The Hall–Kier alpha value is -1.42. The van der Waals surface area contributed by atoms with E-state index < -0.39 is 10.0 Å². The van der Waals surface area contributed by atoms with Crippen molar-refractivity contribution < 1.29 is 8.42 Å². The summed E-state index contributed by atoms with van der Waals surface area (Å²) >= 11 is 0. The molecule has 1 aliphatic heterocycles. The summed E-state index contributed by atoms with van der Waals surface area (Å²) in [4.78, 5) is 2.47. The number of hydrogen-bond acceptors (Lipinski definition) is 4. The van der Waals surface area contributed by atoms with Crippen LogP contribution in [0.15, 0.2) is 24.3 Å². The van der Waals surface area contributed by atoms with Crippen molar-refractivity contribution in [1.29, 1.82) is 5.26 Å². The highest BCUT2D eigenvalue weighted by atomic mass is 32.2. The fraction of sp³-hybridized carbons (Fsp3) is 0.632. The highest BCUT2D eigenvalue weighted by molar-refractivity contribution is 7.90. The van der Waals surface area contributed by atoms with Crippen LogP contribution >= 0.6 is 0 Å². The predicted molar refractivity (Wildman–Crippen MR) is 96.2 cm³/mol. The molecule has 2 aliphatic carbocycles. The molecule has 3 fully saturated rings. The van der Waals surface area contributed by atoms with Crippen LogP contribution < -0.4 is 4.72 Å². The summed E-state index contributed by atoms with van der Waals surface area (Å²) < 4.78 is 27.0. The normalized spacial score (nSPS) is 24.0. The second-order valence-corrected chi connectivity index (χ2v) is 10.0. The first-order valence-electron chi connectivity index (χ1n) is 9.21. The van der Waals surface area contributed by atoms with Crippen LogP contribution in [0.25, 0.3) is 0 Å². The lowest BCUT2D eigenvalue weighted by Gasteiger charge is -2.52. The van der Waals surface area contributed by atoms with Crippen LogP contribution in [0.3, 0.4) is 0 Å². The first kappa shape index (κ1) is 17.0. The Bertz CT molecular complexity index is 762. The summed E-state index contributed by atoms with van der Waals surface area (Å²) in [7, 11) is -3.04. The minimum absolute atomic E-state index is 0.113. The second kappa shape index (κ2) is 6.39. The van der Waals surface area contributed by atoms with Crippen molar-refractivity contribution in [2.45, 2.75) is 56.4 Å². The fourth-order valence-corrected chi connectivity index (χ4v) is 5.89. The topological polar surface area (TPSA) is 73.2 Å². The molecule has 4 rings (SSSR count). The van der Waals surface area contributed by atoms with Gasteiger partial charge in [0.15, 0.2) is 0 Å². The number of nitriles is 1. The Morgan fingerprint density at radius 1 is 1.16 bits per heavy atom. The largest absolute Gasteiger partial charge is 0.299 e. The van der Waals surface area contributed by atoms with Gasteiger partial charge in [0, 0.05) is 12.6 Å². The van der Waals surface area contributed by atoms with Crippen LogP contribution in [-0.4, -0.2) is 37.7 Å². The van der Waals surface area contributed by atoms with Crippen molar-refractivity contribution in [3.05, 3.63) is 35.4 Å². The average molecular weight is 359 g/mol. The summed E-state index contributed by atoms with van der Waals surface area (Å²) in [6, 6.07) is 10.1. The zero-order valence-electron chi connectivity index (χ0n) is 14.4. The van der Waals surface area contributed by atoms with Crippen LogP contribution in [0.5, 0.6) is 0 Å². The Balaban J connectivity index is 1.24. The van der Waals surface area contributed by atoms with Gasteiger partial charge in [-0.25, -0.2) is 13.1 Å². The van der Waals surface area contributed by atoms with Crippen molar-refractivity contribution in [2.75, 3.05) is 13.1 Å². The molecule has 0 radical (unpaired) electrons. The van der Waals surface area contributed by atoms with Crippen LogP contribution in [0.4, 0.5) is 0 Å². The number of piperidine rings is 1. The van der Waals surface area contributed by atoms with E-state index in [-0.39, 0.29) is 11.3 Å². The lowest BCUT2D eigenvalue weighted by atomic mass is 9.60. The summed E-state index contributed by atoms with van der Waals surface area (Å²) in [6.45, 7) is 3.07. The van der Waals surface area contributed by atoms with E-state index in [1.807, 2.05) is 24.3 Å². The van der Waals surface area contributed by atoms with E-state index in [0.717, 1.165) is 58.2 Å².